The largest absolute Gasteiger partial charge is 0.387 e. The van der Waals surface area contributed by atoms with E-state index in [1.54, 1.807) is 13.3 Å². The molecule has 2 aromatic rings. The Morgan fingerprint density at radius 2 is 2.09 bits per heavy atom. The lowest BCUT2D eigenvalue weighted by molar-refractivity contribution is -0.0708. The molecule has 0 radical (unpaired) electrons. The minimum absolute atomic E-state index is 0.000167. The van der Waals surface area contributed by atoms with E-state index in [9.17, 15) is 13.5 Å². The van der Waals surface area contributed by atoms with E-state index in [-0.39, 0.29) is 24.9 Å². The number of fused-ring (bicyclic) bond motifs is 3. The van der Waals surface area contributed by atoms with Gasteiger partial charge in [-0.2, -0.15) is 4.31 Å². The summed E-state index contributed by atoms with van der Waals surface area (Å²) in [5, 5.41) is 10.7. The number of aliphatic hydroxyl groups is 1. The maximum Gasteiger partial charge on any atom is 0.214 e. The van der Waals surface area contributed by atoms with Gasteiger partial charge in [0.2, 0.25) is 10.0 Å². The molecule has 0 saturated carbocycles. The van der Waals surface area contributed by atoms with Gasteiger partial charge in [-0.1, -0.05) is 24.3 Å². The van der Waals surface area contributed by atoms with Crippen LogP contribution in [0.25, 0.3) is 11.3 Å². The third-order valence-electron chi connectivity index (χ3n) is 4.87. The van der Waals surface area contributed by atoms with Crippen LogP contribution in [-0.2, 0) is 10.0 Å². The number of nitrogens with zero attached hydrogens (tertiary/aromatic N) is 3. The fourth-order valence-electron chi connectivity index (χ4n) is 3.62. The van der Waals surface area contributed by atoms with Crippen LogP contribution in [-0.4, -0.2) is 51.8 Å². The summed E-state index contributed by atoms with van der Waals surface area (Å²) in [4.78, 5) is 4.21. The molecule has 1 N–H and O–H groups in total. The second-order valence-electron chi connectivity index (χ2n) is 6.39. The molecule has 122 valence electrons. The van der Waals surface area contributed by atoms with Crippen molar-refractivity contribution in [3.8, 4) is 11.3 Å². The molecule has 3 heterocycles. The van der Waals surface area contributed by atoms with Crippen LogP contribution in [0.2, 0.25) is 0 Å². The molecule has 0 spiro atoms. The highest BCUT2D eigenvalue weighted by molar-refractivity contribution is 7.89. The zero-order valence-corrected chi connectivity index (χ0v) is 13.7. The summed E-state index contributed by atoms with van der Waals surface area (Å²) in [6.45, 7) is 1.97. The molecule has 1 saturated heterocycles. The Morgan fingerprint density at radius 3 is 2.83 bits per heavy atom. The van der Waals surface area contributed by atoms with Crippen LogP contribution in [0.1, 0.15) is 24.9 Å². The maximum absolute atomic E-state index is 11.9. The van der Waals surface area contributed by atoms with Gasteiger partial charge in [0.25, 0.3) is 0 Å². The number of β-amino-alcohol motifs (C(OH)–C–C–N with tert-alkyl or cyclic N) is 1. The van der Waals surface area contributed by atoms with Gasteiger partial charge in [-0.05, 0) is 12.5 Å². The van der Waals surface area contributed by atoms with E-state index in [1.807, 2.05) is 18.3 Å². The van der Waals surface area contributed by atoms with Crippen LogP contribution < -0.4 is 0 Å². The molecule has 7 heteroatoms. The molecule has 0 amide bonds. The first-order chi connectivity index (χ1) is 10.9. The molecule has 2 aliphatic rings. The zero-order valence-electron chi connectivity index (χ0n) is 12.9. The number of hydrogen-bond donors (Lipinski definition) is 1. The summed E-state index contributed by atoms with van der Waals surface area (Å²) in [6.07, 6.45) is 4.10. The first-order valence-corrected chi connectivity index (χ1v) is 9.36. The van der Waals surface area contributed by atoms with Crippen molar-refractivity contribution in [2.75, 3.05) is 18.8 Å². The van der Waals surface area contributed by atoms with Gasteiger partial charge in [0, 0.05) is 25.1 Å². The molecule has 0 bridgehead atoms. The molecule has 1 aromatic heterocycles. The molecule has 23 heavy (non-hydrogen) atoms. The highest BCUT2D eigenvalue weighted by atomic mass is 32.2. The van der Waals surface area contributed by atoms with E-state index in [0.717, 1.165) is 16.8 Å². The van der Waals surface area contributed by atoms with Gasteiger partial charge in [0.05, 0.1) is 35.6 Å². The van der Waals surface area contributed by atoms with Crippen molar-refractivity contribution in [3.05, 3.63) is 42.4 Å². The van der Waals surface area contributed by atoms with Gasteiger partial charge in [-0.25, -0.2) is 13.4 Å². The molecule has 1 unspecified atom stereocenters. The summed E-state index contributed by atoms with van der Waals surface area (Å²) >= 11 is 0. The van der Waals surface area contributed by atoms with Crippen molar-refractivity contribution in [1.82, 2.24) is 13.9 Å². The lowest BCUT2D eigenvalue weighted by Crippen LogP contribution is -2.64. The minimum Gasteiger partial charge on any atom is -0.387 e. The Balaban J connectivity index is 1.59. The van der Waals surface area contributed by atoms with Crippen molar-refractivity contribution < 1.29 is 13.5 Å². The highest BCUT2D eigenvalue weighted by Gasteiger charge is 2.48. The van der Waals surface area contributed by atoms with E-state index >= 15 is 0 Å². The Labute approximate surface area is 135 Å². The van der Waals surface area contributed by atoms with Gasteiger partial charge >= 0.3 is 0 Å². The van der Waals surface area contributed by atoms with Gasteiger partial charge in [0.1, 0.15) is 0 Å². The number of benzene rings is 1. The second-order valence-corrected chi connectivity index (χ2v) is 8.64. The number of rotatable bonds is 4. The van der Waals surface area contributed by atoms with E-state index in [4.69, 9.17) is 0 Å². The average molecular weight is 333 g/mol. The smallest absolute Gasteiger partial charge is 0.214 e. The quantitative estimate of drug-likeness (QED) is 0.913. The normalized spacial score (nSPS) is 22.4. The van der Waals surface area contributed by atoms with E-state index in [0.29, 0.717) is 6.42 Å². The Kier molecular flexibility index (Phi) is 3.16. The van der Waals surface area contributed by atoms with E-state index in [1.165, 1.54) is 4.31 Å². The van der Waals surface area contributed by atoms with Crippen LogP contribution >= 0.6 is 0 Å². The standard InChI is InChI=1S/C16H19N3O3S/c1-2-23(21,22)18-9-16(20,10-18)7-14-12-5-3-4-6-13(12)15-8-17-11-19(14)15/h3-6,8,11,14,20H,2,7,9-10H2,1H3. The van der Waals surface area contributed by atoms with Crippen molar-refractivity contribution in [3.63, 3.8) is 0 Å². The zero-order chi connectivity index (χ0) is 16.2. The lowest BCUT2D eigenvalue weighted by Gasteiger charge is -2.46. The lowest BCUT2D eigenvalue weighted by atomic mass is 9.86. The predicted octanol–water partition coefficient (Wildman–Crippen LogP) is 1.24. The second kappa shape index (κ2) is 4.90. The number of hydrogen-bond acceptors (Lipinski definition) is 4. The minimum atomic E-state index is -3.22. The Morgan fingerprint density at radius 1 is 1.35 bits per heavy atom. The third kappa shape index (κ3) is 2.22. The van der Waals surface area contributed by atoms with Gasteiger partial charge < -0.3 is 9.67 Å². The fourth-order valence-corrected chi connectivity index (χ4v) is 4.86. The first kappa shape index (κ1) is 14.9. The molecule has 0 aliphatic carbocycles. The number of sulfonamides is 1. The van der Waals surface area contributed by atoms with Crippen LogP contribution in [0.3, 0.4) is 0 Å². The summed E-state index contributed by atoms with van der Waals surface area (Å²) in [5.41, 5.74) is 2.36. The molecule has 1 atom stereocenters. The fraction of sp³-hybridized carbons (Fsp3) is 0.438. The maximum atomic E-state index is 11.9. The topological polar surface area (TPSA) is 75.4 Å². The monoisotopic (exact) mass is 333 g/mol. The summed E-state index contributed by atoms with van der Waals surface area (Å²) < 4.78 is 27.2. The van der Waals surface area contributed by atoms with Crippen molar-refractivity contribution >= 4 is 10.0 Å². The molecule has 1 aromatic carbocycles. The summed E-state index contributed by atoms with van der Waals surface area (Å²) in [6, 6.07) is 8.10. The van der Waals surface area contributed by atoms with Crippen molar-refractivity contribution in [2.45, 2.75) is 25.0 Å². The highest BCUT2D eigenvalue weighted by Crippen LogP contribution is 2.44. The number of imidazole rings is 1. The van der Waals surface area contributed by atoms with Gasteiger partial charge in [0.15, 0.2) is 0 Å². The summed E-state index contributed by atoms with van der Waals surface area (Å²) in [7, 11) is -3.22. The van der Waals surface area contributed by atoms with Crippen LogP contribution in [0.5, 0.6) is 0 Å². The van der Waals surface area contributed by atoms with Gasteiger partial charge in [-0.15, -0.1) is 0 Å². The van der Waals surface area contributed by atoms with Crippen molar-refractivity contribution in [1.29, 1.82) is 0 Å². The Bertz CT molecular complexity index is 853. The average Bonchev–Trinajstić information content (AvgIpc) is 3.08. The van der Waals surface area contributed by atoms with Crippen molar-refractivity contribution in [2.24, 2.45) is 0 Å². The number of aromatic nitrogens is 2. The molecule has 4 rings (SSSR count). The van der Waals surface area contributed by atoms with E-state index < -0.39 is 15.6 Å². The Hall–Kier alpha value is -1.70. The third-order valence-corrected chi connectivity index (χ3v) is 6.65. The molecular formula is C16H19N3O3S. The molecular weight excluding hydrogens is 314 g/mol. The SMILES string of the molecule is CCS(=O)(=O)N1CC(O)(CC2c3ccccc3-c3cncn32)C1. The van der Waals surface area contributed by atoms with Crippen LogP contribution in [0, 0.1) is 0 Å². The molecule has 6 nitrogen and oxygen atoms in total. The molecule has 1 fully saturated rings. The van der Waals surface area contributed by atoms with Gasteiger partial charge in [-0.3, -0.25) is 0 Å². The molecule has 2 aliphatic heterocycles. The predicted molar refractivity (Wildman–Crippen MR) is 86.4 cm³/mol. The summed E-state index contributed by atoms with van der Waals surface area (Å²) in [5.74, 6) is 0.0704. The first-order valence-electron chi connectivity index (χ1n) is 7.75. The van der Waals surface area contributed by atoms with Crippen LogP contribution in [0.15, 0.2) is 36.8 Å². The van der Waals surface area contributed by atoms with E-state index in [2.05, 4.69) is 21.7 Å². The van der Waals surface area contributed by atoms with Crippen LogP contribution in [0.4, 0.5) is 0 Å².